The second-order valence-corrected chi connectivity index (χ2v) is 6.60. The molecule has 0 radical (unpaired) electrons. The van der Waals surface area contributed by atoms with E-state index in [1.807, 2.05) is 46.0 Å². The van der Waals surface area contributed by atoms with Crippen molar-refractivity contribution in [2.45, 2.75) is 44.5 Å². The highest BCUT2D eigenvalue weighted by atomic mass is 32.1. The molecule has 1 fully saturated rings. The Morgan fingerprint density at radius 3 is 2.61 bits per heavy atom. The van der Waals surface area contributed by atoms with Crippen LogP contribution in [0.15, 0.2) is 11.9 Å². The molecule has 1 rings (SSSR count). The summed E-state index contributed by atoms with van der Waals surface area (Å²) in [6, 6.07) is 0. The second kappa shape index (κ2) is 5.87. The van der Waals surface area contributed by atoms with Crippen molar-refractivity contribution in [2.24, 2.45) is 0 Å². The topological polar surface area (TPSA) is 32.8 Å². The lowest BCUT2D eigenvalue weighted by molar-refractivity contribution is 0.0287. The van der Waals surface area contributed by atoms with E-state index in [2.05, 4.69) is 12.6 Å². The molecule has 0 N–H and O–H groups in total. The van der Waals surface area contributed by atoms with Crippen LogP contribution < -0.4 is 0 Å². The van der Waals surface area contributed by atoms with Crippen molar-refractivity contribution in [1.29, 1.82) is 0 Å². The number of hydrogen-bond acceptors (Lipinski definition) is 4. The number of amides is 1. The van der Waals surface area contributed by atoms with Crippen LogP contribution in [0.4, 0.5) is 4.79 Å². The number of likely N-dealkylation sites (tertiary alicyclic amines) is 1. The van der Waals surface area contributed by atoms with Crippen LogP contribution in [0.1, 0.15) is 33.6 Å². The van der Waals surface area contributed by atoms with Crippen molar-refractivity contribution >= 4 is 18.7 Å². The van der Waals surface area contributed by atoms with Gasteiger partial charge in [0.05, 0.1) is 0 Å². The lowest BCUT2D eigenvalue weighted by Crippen LogP contribution is -2.42. The maximum atomic E-state index is 12.2. The predicted octanol–water partition coefficient (Wildman–Crippen LogP) is 2.72. The number of nitrogens with zero attached hydrogens (tertiary/aromatic N) is 2. The molecule has 1 unspecified atom stereocenters. The van der Waals surface area contributed by atoms with Crippen molar-refractivity contribution < 1.29 is 9.53 Å². The average Bonchev–Trinajstić information content (AvgIpc) is 2.17. The number of hydrogen-bond donors (Lipinski definition) is 1. The molecule has 0 aromatic heterocycles. The highest BCUT2D eigenvalue weighted by Crippen LogP contribution is 2.25. The van der Waals surface area contributed by atoms with Gasteiger partial charge in [0, 0.05) is 37.8 Å². The number of carbonyl (C=O) groups excluding carboxylic acids is 1. The van der Waals surface area contributed by atoms with Gasteiger partial charge in [0.2, 0.25) is 0 Å². The molecule has 1 amide bonds. The van der Waals surface area contributed by atoms with Crippen LogP contribution >= 0.6 is 12.6 Å². The van der Waals surface area contributed by atoms with Crippen LogP contribution in [0.3, 0.4) is 0 Å². The quantitative estimate of drug-likeness (QED) is 0.745. The summed E-state index contributed by atoms with van der Waals surface area (Å²) in [4.78, 5) is 15.8. The van der Waals surface area contributed by atoms with Crippen molar-refractivity contribution in [1.82, 2.24) is 9.80 Å². The zero-order chi connectivity index (χ0) is 13.9. The first-order chi connectivity index (χ1) is 8.19. The van der Waals surface area contributed by atoms with Gasteiger partial charge in [-0.1, -0.05) is 0 Å². The zero-order valence-electron chi connectivity index (χ0n) is 11.9. The van der Waals surface area contributed by atoms with Gasteiger partial charge in [-0.25, -0.2) is 4.79 Å². The first-order valence-corrected chi connectivity index (χ1v) is 6.76. The second-order valence-electron chi connectivity index (χ2n) is 5.87. The summed E-state index contributed by atoms with van der Waals surface area (Å²) in [5, 5.41) is 0.219. The smallest absolute Gasteiger partial charge is 0.414 e. The van der Waals surface area contributed by atoms with E-state index >= 15 is 0 Å². The minimum atomic E-state index is -0.468. The van der Waals surface area contributed by atoms with Gasteiger partial charge in [-0.15, -0.1) is 0 Å². The Morgan fingerprint density at radius 2 is 2.11 bits per heavy atom. The summed E-state index contributed by atoms with van der Waals surface area (Å²) in [5.41, 5.74) is 0.531. The Kier molecular flexibility index (Phi) is 4.96. The highest BCUT2D eigenvalue weighted by Gasteiger charge is 2.29. The molecular weight excluding hydrogens is 248 g/mol. The maximum Gasteiger partial charge on any atom is 0.414 e. The molecule has 0 bridgehead atoms. The van der Waals surface area contributed by atoms with Crippen LogP contribution in [-0.2, 0) is 4.74 Å². The maximum absolute atomic E-state index is 12.2. The fraction of sp³-hybridized carbons (Fsp3) is 0.769. The summed E-state index contributed by atoms with van der Waals surface area (Å²) >= 11 is 4.47. The number of carbonyl (C=O) groups is 1. The summed E-state index contributed by atoms with van der Waals surface area (Å²) in [5.74, 6) is 0. The molecule has 1 aliphatic rings. The van der Waals surface area contributed by atoms with Crippen LogP contribution in [0, 0.1) is 0 Å². The van der Waals surface area contributed by atoms with Gasteiger partial charge < -0.3 is 9.64 Å². The monoisotopic (exact) mass is 272 g/mol. The molecule has 5 heteroatoms. The summed E-state index contributed by atoms with van der Waals surface area (Å²) in [6.07, 6.45) is 3.53. The molecule has 0 saturated carbocycles. The van der Waals surface area contributed by atoms with Crippen LogP contribution in [0.25, 0.3) is 0 Å². The number of rotatable bonds is 1. The third-order valence-corrected chi connectivity index (χ3v) is 2.92. The molecule has 4 nitrogen and oxygen atoms in total. The summed E-state index contributed by atoms with van der Waals surface area (Å²) in [7, 11) is 3.90. The first kappa shape index (κ1) is 15.2. The van der Waals surface area contributed by atoms with Gasteiger partial charge in [-0.3, -0.25) is 4.90 Å². The Hall–Kier alpha value is -0.840. The lowest BCUT2D eigenvalue weighted by Gasteiger charge is -2.34. The fourth-order valence-electron chi connectivity index (χ4n) is 1.81. The molecule has 104 valence electrons. The molecule has 1 saturated heterocycles. The van der Waals surface area contributed by atoms with Gasteiger partial charge >= 0.3 is 6.09 Å². The fourth-order valence-corrected chi connectivity index (χ4v) is 2.10. The molecule has 1 atom stereocenters. The number of piperidine rings is 1. The van der Waals surface area contributed by atoms with E-state index in [1.54, 1.807) is 4.90 Å². The summed E-state index contributed by atoms with van der Waals surface area (Å²) in [6.45, 7) is 6.24. The first-order valence-electron chi connectivity index (χ1n) is 6.25. The van der Waals surface area contributed by atoms with Crippen molar-refractivity contribution in [3.8, 4) is 0 Å². The van der Waals surface area contributed by atoms with Crippen LogP contribution in [0.2, 0.25) is 0 Å². The van der Waals surface area contributed by atoms with Gasteiger partial charge in [-0.2, -0.15) is 12.6 Å². The Morgan fingerprint density at radius 1 is 1.50 bits per heavy atom. The van der Waals surface area contributed by atoms with Gasteiger partial charge in [0.15, 0.2) is 0 Å². The number of allylic oxidation sites excluding steroid dienone is 1. The Labute approximate surface area is 115 Å². The number of thiol groups is 1. The van der Waals surface area contributed by atoms with E-state index < -0.39 is 5.60 Å². The molecule has 0 aromatic rings. The average molecular weight is 272 g/mol. The minimum Gasteiger partial charge on any atom is -0.443 e. The zero-order valence-corrected chi connectivity index (χ0v) is 12.8. The number of ether oxygens (including phenoxy) is 1. The molecule has 1 aliphatic heterocycles. The van der Waals surface area contributed by atoms with E-state index in [1.165, 1.54) is 0 Å². The SMILES string of the molecule is CN(C)/C=C1\CCC(S)CN1C(=O)OC(C)(C)C. The third-order valence-electron chi connectivity index (χ3n) is 2.49. The van der Waals surface area contributed by atoms with Gasteiger partial charge in [0.25, 0.3) is 0 Å². The van der Waals surface area contributed by atoms with Crippen LogP contribution in [-0.4, -0.2) is 47.4 Å². The normalized spacial score (nSPS) is 23.1. The third kappa shape index (κ3) is 4.80. The molecule has 0 spiro atoms. The van der Waals surface area contributed by atoms with Gasteiger partial charge in [0.1, 0.15) is 5.60 Å². The van der Waals surface area contributed by atoms with E-state index in [0.717, 1.165) is 18.5 Å². The highest BCUT2D eigenvalue weighted by molar-refractivity contribution is 7.81. The predicted molar refractivity (Wildman–Crippen MR) is 76.7 cm³/mol. The van der Waals surface area contributed by atoms with Gasteiger partial charge in [-0.05, 0) is 33.6 Å². The van der Waals surface area contributed by atoms with Crippen molar-refractivity contribution in [3.05, 3.63) is 11.9 Å². The molecular formula is C13H24N2O2S. The Bertz CT molecular complexity index is 334. The standard InChI is InChI=1S/C13H24N2O2S/c1-13(2,3)17-12(16)15-9-11(18)7-6-10(15)8-14(4)5/h8,11,18H,6-7,9H2,1-5H3/b10-8+. The van der Waals surface area contributed by atoms with E-state index in [9.17, 15) is 4.79 Å². The van der Waals surface area contributed by atoms with Crippen molar-refractivity contribution in [3.63, 3.8) is 0 Å². The molecule has 0 aromatic carbocycles. The molecule has 1 heterocycles. The van der Waals surface area contributed by atoms with Crippen molar-refractivity contribution in [2.75, 3.05) is 20.6 Å². The van der Waals surface area contributed by atoms with Crippen LogP contribution in [0.5, 0.6) is 0 Å². The van der Waals surface area contributed by atoms with E-state index in [4.69, 9.17) is 4.74 Å². The Balaban J connectivity index is 2.82. The summed E-state index contributed by atoms with van der Waals surface area (Å²) < 4.78 is 5.43. The minimum absolute atomic E-state index is 0.219. The molecule has 0 aliphatic carbocycles. The lowest BCUT2D eigenvalue weighted by atomic mass is 10.1. The largest absolute Gasteiger partial charge is 0.443 e. The van der Waals surface area contributed by atoms with E-state index in [-0.39, 0.29) is 11.3 Å². The molecule has 18 heavy (non-hydrogen) atoms. The van der Waals surface area contributed by atoms with E-state index in [0.29, 0.717) is 6.54 Å².